The number of hydrogen-bond donors (Lipinski definition) is 2. The van der Waals surface area contributed by atoms with Crippen LogP contribution in [0.1, 0.15) is 17.5 Å². The van der Waals surface area contributed by atoms with E-state index in [1.807, 2.05) is 37.3 Å². The Labute approximate surface area is 158 Å². The van der Waals surface area contributed by atoms with E-state index in [2.05, 4.69) is 10.2 Å². The maximum Gasteiger partial charge on any atom is 0.177 e. The van der Waals surface area contributed by atoms with E-state index >= 15 is 0 Å². The summed E-state index contributed by atoms with van der Waals surface area (Å²) in [5.74, 6) is -0.193. The molecule has 2 aromatic carbocycles. The average Bonchev–Trinajstić information content (AvgIpc) is 2.61. The zero-order valence-electron chi connectivity index (χ0n) is 14.2. The van der Waals surface area contributed by atoms with Crippen molar-refractivity contribution >= 4 is 34.6 Å². The topological polar surface area (TPSA) is 19.7 Å². The van der Waals surface area contributed by atoms with Crippen molar-refractivity contribution in [2.45, 2.75) is 19.9 Å². The predicted octanol–water partition coefficient (Wildman–Crippen LogP) is 3.23. The normalized spacial score (nSPS) is 17.4. The van der Waals surface area contributed by atoms with Gasteiger partial charge in [0.25, 0.3) is 0 Å². The van der Waals surface area contributed by atoms with E-state index in [9.17, 15) is 4.39 Å². The molecule has 0 bridgehead atoms. The Morgan fingerprint density at radius 1 is 1.28 bits per heavy atom. The molecule has 2 aromatic rings. The molecule has 3 rings (SSSR count). The smallest absolute Gasteiger partial charge is 0.177 e. The predicted molar refractivity (Wildman–Crippen MR) is 105 cm³/mol. The number of thiocarbonyl (C=S) groups is 1. The lowest BCUT2D eigenvalue weighted by atomic mass is 10.2. The van der Waals surface area contributed by atoms with Crippen LogP contribution in [0.25, 0.3) is 0 Å². The third-order valence-corrected chi connectivity index (χ3v) is 5.31. The molecule has 6 heteroatoms. The lowest BCUT2D eigenvalue weighted by Gasteiger charge is -2.34. The number of anilines is 1. The van der Waals surface area contributed by atoms with Crippen LogP contribution in [0.3, 0.4) is 0 Å². The Morgan fingerprint density at radius 3 is 2.80 bits per heavy atom. The molecule has 1 saturated heterocycles. The van der Waals surface area contributed by atoms with Crippen molar-refractivity contribution in [2.75, 3.05) is 25.1 Å². The van der Waals surface area contributed by atoms with Crippen molar-refractivity contribution in [3.05, 3.63) is 64.4 Å². The maximum absolute atomic E-state index is 13.1. The lowest BCUT2D eigenvalue weighted by Crippen LogP contribution is -3.13. The second-order valence-electron chi connectivity index (χ2n) is 6.42. The molecule has 1 aliphatic heterocycles. The van der Waals surface area contributed by atoms with E-state index in [4.69, 9.17) is 23.8 Å². The highest BCUT2D eigenvalue weighted by Crippen LogP contribution is 2.23. The van der Waals surface area contributed by atoms with Gasteiger partial charge < -0.3 is 15.1 Å². The summed E-state index contributed by atoms with van der Waals surface area (Å²) in [6, 6.07) is 12.5. The molecular formula is C19H22ClFN3S+. The van der Waals surface area contributed by atoms with Crippen molar-refractivity contribution in [2.24, 2.45) is 0 Å². The highest BCUT2D eigenvalue weighted by Gasteiger charge is 2.23. The fourth-order valence-corrected chi connectivity index (χ4v) is 3.53. The van der Waals surface area contributed by atoms with Gasteiger partial charge in [0.05, 0.1) is 6.54 Å². The van der Waals surface area contributed by atoms with Crippen molar-refractivity contribution in [1.29, 1.82) is 0 Å². The maximum atomic E-state index is 13.1. The average molecular weight is 379 g/mol. The molecule has 0 radical (unpaired) electrons. The third kappa shape index (κ3) is 4.69. The van der Waals surface area contributed by atoms with Crippen molar-refractivity contribution in [3.8, 4) is 0 Å². The number of benzene rings is 2. The van der Waals surface area contributed by atoms with Crippen molar-refractivity contribution in [1.82, 2.24) is 4.90 Å². The Morgan fingerprint density at radius 2 is 2.04 bits per heavy atom. The van der Waals surface area contributed by atoms with E-state index in [1.54, 1.807) is 0 Å². The van der Waals surface area contributed by atoms with Crippen LogP contribution in [0.2, 0.25) is 5.02 Å². The molecule has 25 heavy (non-hydrogen) atoms. The van der Waals surface area contributed by atoms with Gasteiger partial charge in [-0.15, -0.1) is 0 Å². The minimum Gasteiger partial charge on any atom is -0.332 e. The Balaban J connectivity index is 1.61. The quantitative estimate of drug-likeness (QED) is 0.800. The summed E-state index contributed by atoms with van der Waals surface area (Å²) in [6.45, 7) is 5.72. The van der Waals surface area contributed by atoms with Crippen LogP contribution in [-0.4, -0.2) is 29.8 Å². The second kappa shape index (κ2) is 8.13. The van der Waals surface area contributed by atoms with E-state index in [1.165, 1.54) is 17.0 Å². The Hall–Kier alpha value is -1.69. The summed E-state index contributed by atoms with van der Waals surface area (Å²) < 4.78 is 13.1. The minimum atomic E-state index is -0.193. The first-order chi connectivity index (χ1) is 12.0. The van der Waals surface area contributed by atoms with Gasteiger partial charge in [-0.05, 0) is 49.0 Å². The van der Waals surface area contributed by atoms with Gasteiger partial charge in [-0.1, -0.05) is 29.8 Å². The molecular weight excluding hydrogens is 357 g/mol. The molecule has 1 heterocycles. The van der Waals surface area contributed by atoms with Gasteiger partial charge in [-0.2, -0.15) is 0 Å². The second-order valence-corrected chi connectivity index (χ2v) is 7.21. The van der Waals surface area contributed by atoms with Crippen LogP contribution >= 0.6 is 23.8 Å². The first-order valence-corrected chi connectivity index (χ1v) is 9.20. The molecule has 2 N–H and O–H groups in total. The molecule has 3 nitrogen and oxygen atoms in total. The first-order valence-electron chi connectivity index (χ1n) is 8.42. The monoisotopic (exact) mass is 378 g/mol. The van der Waals surface area contributed by atoms with Crippen LogP contribution in [0.5, 0.6) is 0 Å². The zero-order valence-corrected chi connectivity index (χ0v) is 15.8. The molecule has 0 aliphatic carbocycles. The molecule has 0 spiro atoms. The summed E-state index contributed by atoms with van der Waals surface area (Å²) in [5, 5.41) is 4.78. The minimum absolute atomic E-state index is 0.193. The number of nitrogens with zero attached hydrogens (tertiary/aromatic N) is 1. The zero-order chi connectivity index (χ0) is 17.8. The fraction of sp³-hybridized carbons (Fsp3) is 0.316. The van der Waals surface area contributed by atoms with Gasteiger partial charge in [0, 0.05) is 29.2 Å². The van der Waals surface area contributed by atoms with Gasteiger partial charge in [0.15, 0.2) is 11.8 Å². The molecule has 0 saturated carbocycles. The standard InChI is InChI=1S/C19H21ClFN3S/c1-14-17(20)4-2-5-18(14)22-19(25)24-11-3-10-23(13-24)12-15-6-8-16(21)9-7-15/h2,4-9H,3,10-13H2,1H3,(H,22,25)/p+1. The fourth-order valence-electron chi connectivity index (χ4n) is 3.09. The number of hydrogen-bond acceptors (Lipinski definition) is 1. The Kier molecular flexibility index (Phi) is 5.89. The van der Waals surface area contributed by atoms with Gasteiger partial charge in [-0.25, -0.2) is 4.39 Å². The number of quaternary nitrogens is 1. The molecule has 1 aliphatic rings. The SMILES string of the molecule is Cc1c(Cl)cccc1NC(=S)N1CCC[NH+](Cc2ccc(F)cc2)C1. The van der Waals surface area contributed by atoms with Gasteiger partial charge in [-0.3, -0.25) is 0 Å². The number of halogens is 2. The first kappa shape index (κ1) is 18.1. The number of rotatable bonds is 3. The molecule has 1 atom stereocenters. The van der Waals surface area contributed by atoms with Gasteiger partial charge in [0.2, 0.25) is 0 Å². The summed E-state index contributed by atoms with van der Waals surface area (Å²) >= 11 is 11.8. The van der Waals surface area contributed by atoms with E-state index in [0.717, 1.165) is 59.7 Å². The van der Waals surface area contributed by atoms with E-state index in [-0.39, 0.29) is 5.82 Å². The van der Waals surface area contributed by atoms with Crippen molar-refractivity contribution < 1.29 is 9.29 Å². The van der Waals surface area contributed by atoms with Crippen LogP contribution in [0.4, 0.5) is 10.1 Å². The van der Waals surface area contributed by atoms with Gasteiger partial charge >= 0.3 is 0 Å². The molecule has 0 aromatic heterocycles. The highest BCUT2D eigenvalue weighted by atomic mass is 35.5. The summed E-state index contributed by atoms with van der Waals surface area (Å²) in [5.41, 5.74) is 3.09. The number of nitrogens with one attached hydrogen (secondary N) is 2. The lowest BCUT2D eigenvalue weighted by molar-refractivity contribution is -0.927. The molecule has 0 amide bonds. The van der Waals surface area contributed by atoms with Crippen LogP contribution in [0, 0.1) is 12.7 Å². The summed E-state index contributed by atoms with van der Waals surface area (Å²) in [4.78, 5) is 3.61. The Bertz CT molecular complexity index is 751. The molecule has 1 fully saturated rings. The van der Waals surface area contributed by atoms with Crippen LogP contribution < -0.4 is 10.2 Å². The molecule has 132 valence electrons. The van der Waals surface area contributed by atoms with Gasteiger partial charge in [0.1, 0.15) is 12.4 Å². The summed E-state index contributed by atoms with van der Waals surface area (Å²) in [6.07, 6.45) is 1.08. The van der Waals surface area contributed by atoms with E-state index < -0.39 is 0 Å². The largest absolute Gasteiger partial charge is 0.332 e. The highest BCUT2D eigenvalue weighted by molar-refractivity contribution is 7.80. The summed E-state index contributed by atoms with van der Waals surface area (Å²) in [7, 11) is 0. The molecule has 1 unspecified atom stereocenters. The van der Waals surface area contributed by atoms with Crippen LogP contribution in [0.15, 0.2) is 42.5 Å². The van der Waals surface area contributed by atoms with Crippen molar-refractivity contribution in [3.63, 3.8) is 0 Å². The third-order valence-electron chi connectivity index (χ3n) is 4.54. The van der Waals surface area contributed by atoms with Crippen LogP contribution in [-0.2, 0) is 6.54 Å². The van der Waals surface area contributed by atoms with E-state index in [0.29, 0.717) is 0 Å².